The van der Waals surface area contributed by atoms with E-state index in [9.17, 15) is 9.59 Å². The maximum absolute atomic E-state index is 13.2. The summed E-state index contributed by atoms with van der Waals surface area (Å²) < 4.78 is 16.3. The molecule has 1 aliphatic carbocycles. The largest absolute Gasteiger partial charge is 0.497 e. The number of hydrogen-bond donors (Lipinski definition) is 1. The van der Waals surface area contributed by atoms with Crippen LogP contribution >= 0.6 is 0 Å². The Morgan fingerprint density at radius 2 is 1.97 bits per heavy atom. The van der Waals surface area contributed by atoms with E-state index in [0.717, 1.165) is 11.3 Å². The molecule has 0 amide bonds. The first-order valence-corrected chi connectivity index (χ1v) is 9.83. The molecule has 1 heterocycles. The fourth-order valence-corrected chi connectivity index (χ4v) is 4.37. The molecule has 0 spiro atoms. The Morgan fingerprint density at radius 3 is 2.59 bits per heavy atom. The molecule has 1 aromatic rings. The number of carbonyl (C=O) groups is 2. The van der Waals surface area contributed by atoms with Crippen molar-refractivity contribution < 1.29 is 23.8 Å². The van der Waals surface area contributed by atoms with Gasteiger partial charge in [0.2, 0.25) is 0 Å². The first-order chi connectivity index (χ1) is 13.7. The molecule has 0 bridgehead atoms. The molecule has 2 aliphatic rings. The SMILES string of the molecule is C=C1NC2=C(C(=O)CC(C)(C)C2)C(c2ccc(OC)cc2OC)C1C(=O)OCC. The second-order valence-electron chi connectivity index (χ2n) is 8.30. The minimum Gasteiger partial charge on any atom is -0.497 e. The van der Waals surface area contributed by atoms with Crippen LogP contribution in [0.1, 0.15) is 45.1 Å². The summed E-state index contributed by atoms with van der Waals surface area (Å²) in [5.41, 5.74) is 2.58. The average molecular weight is 399 g/mol. The molecule has 29 heavy (non-hydrogen) atoms. The number of benzene rings is 1. The molecule has 2 atom stereocenters. The van der Waals surface area contributed by atoms with Crippen LogP contribution in [0.25, 0.3) is 0 Å². The lowest BCUT2D eigenvalue weighted by atomic mass is 9.66. The monoisotopic (exact) mass is 399 g/mol. The number of esters is 1. The van der Waals surface area contributed by atoms with Gasteiger partial charge in [-0.2, -0.15) is 0 Å². The summed E-state index contributed by atoms with van der Waals surface area (Å²) in [6.45, 7) is 10.3. The predicted octanol–water partition coefficient (Wildman–Crippen LogP) is 3.73. The Hall–Kier alpha value is -2.76. The molecule has 3 rings (SSSR count). The highest BCUT2D eigenvalue weighted by Crippen LogP contribution is 2.50. The van der Waals surface area contributed by atoms with Crippen molar-refractivity contribution in [1.82, 2.24) is 5.32 Å². The highest BCUT2D eigenvalue weighted by Gasteiger charge is 2.47. The molecule has 0 aromatic heterocycles. The number of methoxy groups -OCH3 is 2. The fraction of sp³-hybridized carbons (Fsp3) is 0.478. The van der Waals surface area contributed by atoms with Crippen LogP contribution in [0.4, 0.5) is 0 Å². The first-order valence-electron chi connectivity index (χ1n) is 9.83. The van der Waals surface area contributed by atoms with E-state index < -0.39 is 17.8 Å². The van der Waals surface area contributed by atoms with Crippen molar-refractivity contribution in [3.05, 3.63) is 47.3 Å². The van der Waals surface area contributed by atoms with E-state index in [-0.39, 0.29) is 17.8 Å². The Bertz CT molecular complexity index is 883. The van der Waals surface area contributed by atoms with Crippen LogP contribution in [0.3, 0.4) is 0 Å². The number of rotatable bonds is 5. The molecule has 6 nitrogen and oxygen atoms in total. The summed E-state index contributed by atoms with van der Waals surface area (Å²) in [6.07, 6.45) is 1.13. The Kier molecular flexibility index (Phi) is 5.73. The lowest BCUT2D eigenvalue weighted by molar-refractivity contribution is -0.147. The molecule has 1 aromatic carbocycles. The summed E-state index contributed by atoms with van der Waals surface area (Å²) in [5, 5.41) is 3.25. The third-order valence-electron chi connectivity index (χ3n) is 5.57. The van der Waals surface area contributed by atoms with Gasteiger partial charge in [-0.15, -0.1) is 0 Å². The molecule has 1 aliphatic heterocycles. The summed E-state index contributed by atoms with van der Waals surface area (Å²) >= 11 is 0. The van der Waals surface area contributed by atoms with Gasteiger partial charge >= 0.3 is 5.97 Å². The van der Waals surface area contributed by atoms with Gasteiger partial charge in [0.1, 0.15) is 17.4 Å². The van der Waals surface area contributed by atoms with Crippen LogP contribution in [0.2, 0.25) is 0 Å². The standard InChI is InChI=1S/C23H29NO5/c1-7-29-22(26)19-13(2)24-16-11-23(3,4)12-17(25)21(16)20(19)15-9-8-14(27-5)10-18(15)28-6/h8-10,19-20,24H,2,7,11-12H2,1,3-6H3. The van der Waals surface area contributed by atoms with Gasteiger partial charge < -0.3 is 19.5 Å². The van der Waals surface area contributed by atoms with E-state index >= 15 is 0 Å². The molecular formula is C23H29NO5. The number of carbonyl (C=O) groups excluding carboxylic acids is 2. The number of allylic oxidation sites excluding steroid dienone is 2. The zero-order valence-electron chi connectivity index (χ0n) is 17.8. The van der Waals surface area contributed by atoms with Crippen molar-refractivity contribution >= 4 is 11.8 Å². The fourth-order valence-electron chi connectivity index (χ4n) is 4.37. The molecule has 156 valence electrons. The van der Waals surface area contributed by atoms with Gasteiger partial charge in [-0.05, 0) is 24.8 Å². The van der Waals surface area contributed by atoms with Crippen LogP contribution in [-0.4, -0.2) is 32.6 Å². The summed E-state index contributed by atoms with van der Waals surface area (Å²) in [7, 11) is 3.14. The normalized spacial score (nSPS) is 23.2. The summed E-state index contributed by atoms with van der Waals surface area (Å²) in [6, 6.07) is 5.42. The minimum atomic E-state index is -0.721. The molecule has 0 saturated heterocycles. The number of Topliss-reactive ketones (excluding diaryl/α,β-unsaturated/α-hetero) is 1. The Morgan fingerprint density at radius 1 is 1.24 bits per heavy atom. The zero-order valence-corrected chi connectivity index (χ0v) is 17.8. The first kappa shape index (κ1) is 21.0. The molecule has 0 fully saturated rings. The third-order valence-corrected chi connectivity index (χ3v) is 5.57. The lowest BCUT2D eigenvalue weighted by Gasteiger charge is -2.42. The van der Waals surface area contributed by atoms with Crippen molar-refractivity contribution in [3.63, 3.8) is 0 Å². The van der Waals surface area contributed by atoms with Crippen molar-refractivity contribution in [2.75, 3.05) is 20.8 Å². The van der Waals surface area contributed by atoms with Gasteiger partial charge in [0.25, 0.3) is 0 Å². The zero-order chi connectivity index (χ0) is 21.3. The van der Waals surface area contributed by atoms with Crippen molar-refractivity contribution in [2.24, 2.45) is 11.3 Å². The lowest BCUT2D eigenvalue weighted by Crippen LogP contribution is -2.43. The van der Waals surface area contributed by atoms with Crippen molar-refractivity contribution in [3.8, 4) is 11.5 Å². The van der Waals surface area contributed by atoms with Gasteiger partial charge in [0.05, 0.1) is 20.8 Å². The summed E-state index contributed by atoms with van der Waals surface area (Å²) in [4.78, 5) is 26.1. The Balaban J connectivity index is 2.22. The minimum absolute atomic E-state index is 0.0356. The maximum atomic E-state index is 13.2. The van der Waals surface area contributed by atoms with Crippen LogP contribution in [-0.2, 0) is 14.3 Å². The van der Waals surface area contributed by atoms with Gasteiger partial charge in [-0.3, -0.25) is 9.59 Å². The molecular weight excluding hydrogens is 370 g/mol. The van der Waals surface area contributed by atoms with E-state index in [1.165, 1.54) is 0 Å². The number of ether oxygens (including phenoxy) is 3. The quantitative estimate of drug-likeness (QED) is 0.761. The number of hydrogen-bond acceptors (Lipinski definition) is 6. The van der Waals surface area contributed by atoms with Crippen molar-refractivity contribution in [2.45, 2.75) is 39.5 Å². The van der Waals surface area contributed by atoms with E-state index in [4.69, 9.17) is 14.2 Å². The highest BCUT2D eigenvalue weighted by atomic mass is 16.5. The molecule has 6 heteroatoms. The van der Waals surface area contributed by atoms with E-state index in [1.54, 1.807) is 27.2 Å². The van der Waals surface area contributed by atoms with Crippen molar-refractivity contribution in [1.29, 1.82) is 0 Å². The summed E-state index contributed by atoms with van der Waals surface area (Å²) in [5.74, 6) is -0.423. The molecule has 0 radical (unpaired) electrons. The van der Waals surface area contributed by atoms with Crippen LogP contribution < -0.4 is 14.8 Å². The molecule has 2 unspecified atom stereocenters. The van der Waals surface area contributed by atoms with Crippen LogP contribution in [0.5, 0.6) is 11.5 Å². The second-order valence-corrected chi connectivity index (χ2v) is 8.30. The second kappa shape index (κ2) is 7.93. The van der Waals surface area contributed by atoms with Gasteiger partial charge in [0, 0.05) is 40.9 Å². The average Bonchev–Trinajstić information content (AvgIpc) is 2.65. The highest BCUT2D eigenvalue weighted by molar-refractivity contribution is 6.01. The number of nitrogens with one attached hydrogen (secondary N) is 1. The van der Waals surface area contributed by atoms with Gasteiger partial charge in [-0.1, -0.05) is 26.5 Å². The van der Waals surface area contributed by atoms with Crippen LogP contribution in [0, 0.1) is 11.3 Å². The smallest absolute Gasteiger partial charge is 0.315 e. The number of ketones is 1. The third kappa shape index (κ3) is 3.88. The van der Waals surface area contributed by atoms with E-state index in [1.807, 2.05) is 12.1 Å². The molecule has 1 N–H and O–H groups in total. The maximum Gasteiger partial charge on any atom is 0.315 e. The van der Waals surface area contributed by atoms with Gasteiger partial charge in [0.15, 0.2) is 5.78 Å². The molecule has 0 saturated carbocycles. The topological polar surface area (TPSA) is 73.9 Å². The van der Waals surface area contributed by atoms with Gasteiger partial charge in [-0.25, -0.2) is 0 Å². The predicted molar refractivity (Wildman–Crippen MR) is 110 cm³/mol. The van der Waals surface area contributed by atoms with E-state index in [0.29, 0.717) is 35.6 Å². The van der Waals surface area contributed by atoms with E-state index in [2.05, 4.69) is 25.7 Å². The van der Waals surface area contributed by atoms with Crippen LogP contribution in [0.15, 0.2) is 41.7 Å². The Labute approximate surface area is 171 Å².